The standard InChI is InChI=1S/C17H21F2NO/c1-4-5-20-17(16-6-11(2)21-12(16)3)9-13-7-14(18)10-15(19)8-13/h6-8,10,17,20H,4-5,9H2,1-3H3. The quantitative estimate of drug-likeness (QED) is 0.850. The van der Waals surface area contributed by atoms with E-state index in [0.717, 1.165) is 36.1 Å². The van der Waals surface area contributed by atoms with Crippen LogP contribution in [0, 0.1) is 25.5 Å². The molecule has 0 fully saturated rings. The molecule has 0 saturated heterocycles. The maximum atomic E-state index is 13.3. The van der Waals surface area contributed by atoms with Crippen molar-refractivity contribution in [2.24, 2.45) is 0 Å². The van der Waals surface area contributed by atoms with Crippen LogP contribution in [0.25, 0.3) is 0 Å². The Hall–Kier alpha value is -1.68. The fourth-order valence-corrected chi connectivity index (χ4v) is 2.57. The Morgan fingerprint density at radius 1 is 1.10 bits per heavy atom. The third kappa shape index (κ3) is 4.14. The Morgan fingerprint density at radius 2 is 1.76 bits per heavy atom. The second-order valence-corrected chi connectivity index (χ2v) is 5.36. The summed E-state index contributed by atoms with van der Waals surface area (Å²) in [5.41, 5.74) is 1.69. The van der Waals surface area contributed by atoms with E-state index in [2.05, 4.69) is 12.2 Å². The van der Waals surface area contributed by atoms with Gasteiger partial charge >= 0.3 is 0 Å². The molecule has 2 rings (SSSR count). The Bertz CT molecular complexity index is 587. The summed E-state index contributed by atoms with van der Waals surface area (Å²) in [6.07, 6.45) is 1.51. The first-order valence-electron chi connectivity index (χ1n) is 7.25. The molecule has 0 aliphatic carbocycles. The summed E-state index contributed by atoms with van der Waals surface area (Å²) in [6, 6.07) is 5.63. The van der Waals surface area contributed by atoms with Crippen molar-refractivity contribution in [2.45, 2.75) is 39.7 Å². The van der Waals surface area contributed by atoms with Crippen LogP contribution in [0.3, 0.4) is 0 Å². The molecule has 1 atom stereocenters. The summed E-state index contributed by atoms with van der Waals surface area (Å²) in [5, 5.41) is 3.42. The van der Waals surface area contributed by atoms with Crippen LogP contribution in [-0.2, 0) is 6.42 Å². The second kappa shape index (κ2) is 6.85. The molecule has 1 unspecified atom stereocenters. The average molecular weight is 293 g/mol. The van der Waals surface area contributed by atoms with E-state index < -0.39 is 11.6 Å². The molecule has 21 heavy (non-hydrogen) atoms. The van der Waals surface area contributed by atoms with Crippen molar-refractivity contribution in [3.8, 4) is 0 Å². The van der Waals surface area contributed by atoms with Crippen LogP contribution in [0.2, 0.25) is 0 Å². The third-order valence-electron chi connectivity index (χ3n) is 3.46. The molecule has 1 aromatic carbocycles. The lowest BCUT2D eigenvalue weighted by atomic mass is 9.98. The van der Waals surface area contributed by atoms with Crippen molar-refractivity contribution in [2.75, 3.05) is 6.54 Å². The van der Waals surface area contributed by atoms with Crippen molar-refractivity contribution in [3.05, 3.63) is 58.5 Å². The predicted molar refractivity (Wildman–Crippen MR) is 79.3 cm³/mol. The van der Waals surface area contributed by atoms with Gasteiger partial charge < -0.3 is 9.73 Å². The fraction of sp³-hybridized carbons (Fsp3) is 0.412. The Balaban J connectivity index is 2.25. The monoisotopic (exact) mass is 293 g/mol. The molecule has 0 spiro atoms. The Morgan fingerprint density at radius 3 is 2.29 bits per heavy atom. The van der Waals surface area contributed by atoms with Gasteiger partial charge in [-0.3, -0.25) is 0 Å². The van der Waals surface area contributed by atoms with E-state index >= 15 is 0 Å². The van der Waals surface area contributed by atoms with Crippen molar-refractivity contribution >= 4 is 0 Å². The summed E-state index contributed by atoms with van der Waals surface area (Å²) in [7, 11) is 0. The minimum Gasteiger partial charge on any atom is -0.466 e. The normalized spacial score (nSPS) is 12.6. The zero-order chi connectivity index (χ0) is 15.4. The molecule has 0 radical (unpaired) electrons. The molecule has 2 aromatic rings. The summed E-state index contributed by atoms with van der Waals surface area (Å²) in [5.74, 6) is 0.605. The molecular formula is C17H21F2NO. The summed E-state index contributed by atoms with van der Waals surface area (Å²) < 4.78 is 32.2. The molecule has 1 N–H and O–H groups in total. The van der Waals surface area contributed by atoms with Gasteiger partial charge in [0.2, 0.25) is 0 Å². The molecule has 0 saturated carbocycles. The smallest absolute Gasteiger partial charge is 0.126 e. The number of halogens is 2. The van der Waals surface area contributed by atoms with Crippen molar-refractivity contribution in [1.82, 2.24) is 5.32 Å². The second-order valence-electron chi connectivity index (χ2n) is 5.36. The number of nitrogens with one attached hydrogen (secondary N) is 1. The van der Waals surface area contributed by atoms with E-state index in [1.165, 1.54) is 12.1 Å². The van der Waals surface area contributed by atoms with Crippen molar-refractivity contribution in [3.63, 3.8) is 0 Å². The largest absolute Gasteiger partial charge is 0.466 e. The molecule has 1 heterocycles. The first kappa shape index (κ1) is 15.7. The highest BCUT2D eigenvalue weighted by atomic mass is 19.1. The zero-order valence-electron chi connectivity index (χ0n) is 12.7. The van der Waals surface area contributed by atoms with Gasteiger partial charge in [-0.2, -0.15) is 0 Å². The van der Waals surface area contributed by atoms with E-state index in [4.69, 9.17) is 4.42 Å². The van der Waals surface area contributed by atoms with Crippen LogP contribution in [0.1, 0.15) is 42.0 Å². The van der Waals surface area contributed by atoms with E-state index in [-0.39, 0.29) is 6.04 Å². The fourth-order valence-electron chi connectivity index (χ4n) is 2.57. The number of furan rings is 1. The first-order valence-corrected chi connectivity index (χ1v) is 7.25. The number of hydrogen-bond donors (Lipinski definition) is 1. The van der Waals surface area contributed by atoms with Gasteiger partial charge in [-0.05, 0) is 57.0 Å². The highest BCUT2D eigenvalue weighted by Crippen LogP contribution is 2.25. The first-order chi connectivity index (χ1) is 9.99. The minimum atomic E-state index is -0.542. The van der Waals surface area contributed by atoms with Crippen molar-refractivity contribution in [1.29, 1.82) is 0 Å². The van der Waals surface area contributed by atoms with Gasteiger partial charge in [-0.25, -0.2) is 8.78 Å². The van der Waals surface area contributed by atoms with Gasteiger partial charge in [0.05, 0.1) is 0 Å². The van der Waals surface area contributed by atoms with E-state index in [1.54, 1.807) is 0 Å². The van der Waals surface area contributed by atoms with Crippen LogP contribution in [0.5, 0.6) is 0 Å². The van der Waals surface area contributed by atoms with Gasteiger partial charge in [0.1, 0.15) is 23.2 Å². The maximum absolute atomic E-state index is 13.3. The van der Waals surface area contributed by atoms with Crippen LogP contribution in [0.4, 0.5) is 8.78 Å². The van der Waals surface area contributed by atoms with Gasteiger partial charge in [-0.15, -0.1) is 0 Å². The Kier molecular flexibility index (Phi) is 5.12. The number of benzene rings is 1. The topological polar surface area (TPSA) is 25.2 Å². The van der Waals surface area contributed by atoms with E-state index in [9.17, 15) is 8.78 Å². The SMILES string of the molecule is CCCNC(Cc1cc(F)cc(F)c1)c1cc(C)oc1C. The third-order valence-corrected chi connectivity index (χ3v) is 3.46. The minimum absolute atomic E-state index is 0.0106. The van der Waals surface area contributed by atoms with Crippen LogP contribution >= 0.6 is 0 Å². The van der Waals surface area contributed by atoms with Gasteiger partial charge in [0, 0.05) is 17.7 Å². The molecule has 0 amide bonds. The molecule has 114 valence electrons. The lowest BCUT2D eigenvalue weighted by Gasteiger charge is -2.18. The molecule has 0 bridgehead atoms. The molecule has 4 heteroatoms. The average Bonchev–Trinajstić information content (AvgIpc) is 2.72. The highest BCUT2D eigenvalue weighted by molar-refractivity contribution is 5.28. The highest BCUT2D eigenvalue weighted by Gasteiger charge is 2.18. The molecule has 0 aliphatic heterocycles. The van der Waals surface area contributed by atoms with Gasteiger partial charge in [-0.1, -0.05) is 6.92 Å². The number of hydrogen-bond acceptors (Lipinski definition) is 2. The molecule has 2 nitrogen and oxygen atoms in total. The Labute approximate surface area is 124 Å². The number of rotatable bonds is 6. The summed E-state index contributed by atoms with van der Waals surface area (Å²) in [4.78, 5) is 0. The van der Waals surface area contributed by atoms with Crippen LogP contribution in [-0.4, -0.2) is 6.54 Å². The van der Waals surface area contributed by atoms with Gasteiger partial charge in [0.25, 0.3) is 0 Å². The zero-order valence-corrected chi connectivity index (χ0v) is 12.7. The van der Waals surface area contributed by atoms with Crippen molar-refractivity contribution < 1.29 is 13.2 Å². The summed E-state index contributed by atoms with van der Waals surface area (Å²) >= 11 is 0. The van der Waals surface area contributed by atoms with Crippen LogP contribution < -0.4 is 5.32 Å². The van der Waals surface area contributed by atoms with Crippen LogP contribution in [0.15, 0.2) is 28.7 Å². The lowest BCUT2D eigenvalue weighted by Crippen LogP contribution is -2.24. The maximum Gasteiger partial charge on any atom is 0.126 e. The molecular weight excluding hydrogens is 272 g/mol. The van der Waals surface area contributed by atoms with Gasteiger partial charge in [0.15, 0.2) is 0 Å². The molecule has 1 aromatic heterocycles. The lowest BCUT2D eigenvalue weighted by molar-refractivity contribution is 0.479. The number of aryl methyl sites for hydroxylation is 2. The van der Waals surface area contributed by atoms with E-state index in [0.29, 0.717) is 12.0 Å². The predicted octanol–water partition coefficient (Wildman–Crippen LogP) is 4.46. The summed E-state index contributed by atoms with van der Waals surface area (Å²) in [6.45, 7) is 6.73. The molecule has 0 aliphatic rings. The van der Waals surface area contributed by atoms with E-state index in [1.807, 2.05) is 19.9 Å².